The Morgan fingerprint density at radius 3 is 3.00 bits per heavy atom. The van der Waals surface area contributed by atoms with Crippen molar-refractivity contribution in [3.8, 4) is 5.75 Å². The number of hydrogen-bond acceptors (Lipinski definition) is 6. The Morgan fingerprint density at radius 1 is 1.48 bits per heavy atom. The van der Waals surface area contributed by atoms with Crippen molar-refractivity contribution in [1.29, 1.82) is 0 Å². The van der Waals surface area contributed by atoms with E-state index in [9.17, 15) is 10.1 Å². The fraction of sp³-hybridized carbons (Fsp3) is 0.357. The molecule has 1 aromatic heterocycles. The molecule has 7 heteroatoms. The van der Waals surface area contributed by atoms with E-state index in [1.807, 2.05) is 5.38 Å². The van der Waals surface area contributed by atoms with Gasteiger partial charge in [-0.05, 0) is 24.5 Å². The number of rotatable bonds is 7. The lowest BCUT2D eigenvalue weighted by molar-refractivity contribution is -0.386. The molecule has 1 fully saturated rings. The normalized spacial score (nSPS) is 14.1. The molecule has 0 spiro atoms. The van der Waals surface area contributed by atoms with Crippen LogP contribution in [0.2, 0.25) is 0 Å². The van der Waals surface area contributed by atoms with Crippen molar-refractivity contribution >= 4 is 17.0 Å². The third-order valence-corrected chi connectivity index (χ3v) is 3.89. The van der Waals surface area contributed by atoms with Crippen molar-refractivity contribution in [2.24, 2.45) is 0 Å². The van der Waals surface area contributed by atoms with Gasteiger partial charge in [-0.1, -0.05) is 6.07 Å². The van der Waals surface area contributed by atoms with E-state index in [4.69, 9.17) is 4.74 Å². The minimum absolute atomic E-state index is 0.0135. The minimum Gasteiger partial charge on any atom is -0.480 e. The molecular formula is C14H15N3O3S. The molecule has 0 amide bonds. The van der Waals surface area contributed by atoms with Gasteiger partial charge in [0.15, 0.2) is 5.75 Å². The molecule has 2 aromatic rings. The van der Waals surface area contributed by atoms with Gasteiger partial charge in [0.1, 0.15) is 6.61 Å². The smallest absolute Gasteiger partial charge is 0.310 e. The van der Waals surface area contributed by atoms with Crippen molar-refractivity contribution in [3.63, 3.8) is 0 Å². The summed E-state index contributed by atoms with van der Waals surface area (Å²) in [5, 5.41) is 16.3. The maximum Gasteiger partial charge on any atom is 0.310 e. The Bertz CT molecular complexity index is 626. The van der Waals surface area contributed by atoms with Gasteiger partial charge >= 0.3 is 5.69 Å². The minimum atomic E-state index is -0.422. The summed E-state index contributed by atoms with van der Waals surface area (Å²) in [5.41, 5.74) is 3.46. The summed E-state index contributed by atoms with van der Waals surface area (Å²) < 4.78 is 5.58. The van der Waals surface area contributed by atoms with E-state index in [0.29, 0.717) is 18.3 Å². The predicted octanol–water partition coefficient (Wildman–Crippen LogP) is 2.88. The third kappa shape index (κ3) is 3.77. The van der Waals surface area contributed by atoms with Crippen LogP contribution >= 0.6 is 11.3 Å². The van der Waals surface area contributed by atoms with Crippen molar-refractivity contribution in [2.75, 3.05) is 0 Å². The van der Waals surface area contributed by atoms with Gasteiger partial charge in [0.2, 0.25) is 0 Å². The molecular weight excluding hydrogens is 290 g/mol. The molecule has 1 aromatic carbocycles. The Hall–Kier alpha value is -1.99. The van der Waals surface area contributed by atoms with Gasteiger partial charge in [-0.2, -0.15) is 0 Å². The fourth-order valence-electron chi connectivity index (χ4n) is 1.95. The topological polar surface area (TPSA) is 77.3 Å². The lowest BCUT2D eigenvalue weighted by Crippen LogP contribution is -2.15. The molecule has 0 aliphatic heterocycles. The second-order valence-corrected chi connectivity index (χ2v) is 5.70. The average molecular weight is 305 g/mol. The number of thiazole rings is 1. The van der Waals surface area contributed by atoms with Crippen LogP contribution in [0.3, 0.4) is 0 Å². The molecule has 3 rings (SSSR count). The molecule has 6 nitrogen and oxygen atoms in total. The molecule has 21 heavy (non-hydrogen) atoms. The lowest BCUT2D eigenvalue weighted by atomic mass is 10.2. The van der Waals surface area contributed by atoms with Gasteiger partial charge < -0.3 is 10.1 Å². The number of hydrogen-bond donors (Lipinski definition) is 1. The summed E-state index contributed by atoms with van der Waals surface area (Å²) in [6.45, 7) is 0.944. The first-order chi connectivity index (χ1) is 10.2. The van der Waals surface area contributed by atoms with Gasteiger partial charge in [0, 0.05) is 24.0 Å². The summed E-state index contributed by atoms with van der Waals surface area (Å²) in [4.78, 5) is 14.8. The molecule has 1 aliphatic rings. The molecule has 1 heterocycles. The highest BCUT2D eigenvalue weighted by Crippen LogP contribution is 2.29. The van der Waals surface area contributed by atoms with Gasteiger partial charge in [0.05, 0.1) is 16.1 Å². The molecule has 0 saturated heterocycles. The second-order valence-electron chi connectivity index (χ2n) is 4.98. The van der Waals surface area contributed by atoms with Crippen LogP contribution < -0.4 is 10.1 Å². The quantitative estimate of drug-likeness (QED) is 0.628. The van der Waals surface area contributed by atoms with Crippen LogP contribution in [-0.4, -0.2) is 15.9 Å². The molecule has 1 saturated carbocycles. The van der Waals surface area contributed by atoms with Crippen molar-refractivity contribution in [1.82, 2.24) is 10.3 Å². The number of nitro groups is 1. The summed E-state index contributed by atoms with van der Waals surface area (Å²) in [5.74, 6) is 0.295. The highest BCUT2D eigenvalue weighted by molar-refractivity contribution is 7.07. The molecule has 1 aliphatic carbocycles. The van der Waals surface area contributed by atoms with E-state index >= 15 is 0 Å². The van der Waals surface area contributed by atoms with E-state index in [1.54, 1.807) is 17.6 Å². The van der Waals surface area contributed by atoms with Gasteiger partial charge in [0.25, 0.3) is 0 Å². The highest BCUT2D eigenvalue weighted by Gasteiger charge is 2.21. The molecule has 1 N–H and O–H groups in total. The number of aromatic nitrogens is 1. The zero-order valence-electron chi connectivity index (χ0n) is 11.3. The zero-order chi connectivity index (χ0) is 14.7. The maximum absolute atomic E-state index is 11.1. The van der Waals surface area contributed by atoms with Gasteiger partial charge in [-0.25, -0.2) is 4.98 Å². The lowest BCUT2D eigenvalue weighted by Gasteiger charge is -2.08. The van der Waals surface area contributed by atoms with Crippen molar-refractivity contribution < 1.29 is 9.66 Å². The predicted molar refractivity (Wildman–Crippen MR) is 79.4 cm³/mol. The monoisotopic (exact) mass is 305 g/mol. The first kappa shape index (κ1) is 14.0. The van der Waals surface area contributed by atoms with E-state index < -0.39 is 4.92 Å². The van der Waals surface area contributed by atoms with E-state index in [2.05, 4.69) is 10.3 Å². The first-order valence-electron chi connectivity index (χ1n) is 6.73. The van der Waals surface area contributed by atoms with E-state index in [0.717, 1.165) is 11.3 Å². The van der Waals surface area contributed by atoms with Crippen molar-refractivity contribution in [3.05, 3.63) is 50.5 Å². The molecule has 0 radical (unpaired) electrons. The van der Waals surface area contributed by atoms with Crippen molar-refractivity contribution in [2.45, 2.75) is 32.0 Å². The van der Waals surface area contributed by atoms with Crippen LogP contribution in [0.4, 0.5) is 5.69 Å². The van der Waals surface area contributed by atoms with Gasteiger partial charge in [-0.3, -0.25) is 10.1 Å². The highest BCUT2D eigenvalue weighted by atomic mass is 32.1. The SMILES string of the molecule is O=[N+]([O-])c1ccc(CNC2CC2)cc1OCc1cscn1. The van der Waals surface area contributed by atoms with Crippen LogP contribution in [0.1, 0.15) is 24.1 Å². The summed E-state index contributed by atoms with van der Waals surface area (Å²) in [7, 11) is 0. The Labute approximate surface area is 125 Å². The number of nitro benzene ring substituents is 1. The average Bonchev–Trinajstić information content (AvgIpc) is 3.16. The number of nitrogens with zero attached hydrogens (tertiary/aromatic N) is 2. The molecule has 110 valence electrons. The van der Waals surface area contributed by atoms with Crippen LogP contribution in [0.25, 0.3) is 0 Å². The summed E-state index contributed by atoms with van der Waals surface area (Å²) in [6.07, 6.45) is 2.42. The number of nitrogens with one attached hydrogen (secondary N) is 1. The van der Waals surface area contributed by atoms with Gasteiger partial charge in [-0.15, -0.1) is 11.3 Å². The Kier molecular flexibility index (Phi) is 4.12. The van der Waals surface area contributed by atoms with E-state index in [1.165, 1.54) is 30.2 Å². The first-order valence-corrected chi connectivity index (χ1v) is 7.67. The van der Waals surface area contributed by atoms with Crippen LogP contribution in [-0.2, 0) is 13.2 Å². The standard InChI is InChI=1S/C14H15N3O3S/c18-17(19)13-4-1-10(6-15-11-2-3-11)5-14(13)20-7-12-8-21-9-16-12/h1,4-5,8-9,11,15H,2-3,6-7H2. The number of benzene rings is 1. The Balaban J connectivity index is 1.72. The summed E-state index contributed by atoms with van der Waals surface area (Å²) in [6, 6.07) is 5.60. The van der Waals surface area contributed by atoms with Crippen LogP contribution in [0, 0.1) is 10.1 Å². The molecule has 0 atom stereocenters. The largest absolute Gasteiger partial charge is 0.480 e. The van der Waals surface area contributed by atoms with E-state index in [-0.39, 0.29) is 12.3 Å². The second kappa shape index (κ2) is 6.19. The molecule has 0 unspecified atom stereocenters. The van der Waals surface area contributed by atoms with Crippen LogP contribution in [0.5, 0.6) is 5.75 Å². The molecule has 0 bridgehead atoms. The third-order valence-electron chi connectivity index (χ3n) is 3.25. The fourth-order valence-corrected chi connectivity index (χ4v) is 2.49. The Morgan fingerprint density at radius 2 is 2.33 bits per heavy atom. The number of ether oxygens (including phenoxy) is 1. The van der Waals surface area contributed by atoms with Crippen LogP contribution in [0.15, 0.2) is 29.1 Å². The summed E-state index contributed by atoms with van der Waals surface area (Å²) >= 11 is 1.47. The zero-order valence-corrected chi connectivity index (χ0v) is 12.1. The maximum atomic E-state index is 11.1.